The maximum Gasteiger partial charge on any atom is 0.220 e. The van der Waals surface area contributed by atoms with Crippen molar-refractivity contribution in [3.8, 4) is 6.07 Å². The van der Waals surface area contributed by atoms with Crippen LogP contribution >= 0.6 is 0 Å². The zero-order valence-corrected chi connectivity index (χ0v) is 11.9. The average Bonchev–Trinajstić information content (AvgIpc) is 2.92. The minimum Gasteiger partial charge on any atom is -0.353 e. The number of nitrogens with one attached hydrogen (secondary N) is 1. The number of rotatable bonds is 5. The highest BCUT2D eigenvalue weighted by Crippen LogP contribution is 2.29. The molecule has 3 heteroatoms. The standard InChI is InChI=1S/C16H26N2O/c17-12-11-14-5-8-15(9-6-14)18-16(19)10-7-13-3-1-2-4-13/h13-15H,1-11H2,(H,18,19). The zero-order chi connectivity index (χ0) is 13.5. The van der Waals surface area contributed by atoms with Gasteiger partial charge in [-0.05, 0) is 43.9 Å². The third-order valence-electron chi connectivity index (χ3n) is 4.85. The van der Waals surface area contributed by atoms with Crippen molar-refractivity contribution >= 4 is 5.91 Å². The van der Waals surface area contributed by atoms with Gasteiger partial charge in [-0.1, -0.05) is 25.7 Å². The Kier molecular flexibility index (Phi) is 5.69. The van der Waals surface area contributed by atoms with E-state index in [4.69, 9.17) is 5.26 Å². The number of carbonyl (C=O) groups excluding carboxylic acids is 1. The molecule has 0 saturated heterocycles. The van der Waals surface area contributed by atoms with E-state index < -0.39 is 0 Å². The highest BCUT2D eigenvalue weighted by Gasteiger charge is 2.22. The van der Waals surface area contributed by atoms with Gasteiger partial charge in [0, 0.05) is 18.9 Å². The third-order valence-corrected chi connectivity index (χ3v) is 4.85. The molecule has 0 radical (unpaired) electrons. The molecule has 3 nitrogen and oxygen atoms in total. The van der Waals surface area contributed by atoms with Crippen LogP contribution in [0, 0.1) is 23.2 Å². The molecule has 2 saturated carbocycles. The fraction of sp³-hybridized carbons (Fsp3) is 0.875. The number of hydrogen-bond donors (Lipinski definition) is 1. The summed E-state index contributed by atoms with van der Waals surface area (Å²) in [6, 6.07) is 2.62. The lowest BCUT2D eigenvalue weighted by atomic mass is 9.84. The smallest absolute Gasteiger partial charge is 0.220 e. The van der Waals surface area contributed by atoms with Crippen LogP contribution in [0.5, 0.6) is 0 Å². The first kappa shape index (κ1) is 14.4. The summed E-state index contributed by atoms with van der Waals surface area (Å²) in [4.78, 5) is 11.9. The Balaban J connectivity index is 1.59. The van der Waals surface area contributed by atoms with Gasteiger partial charge < -0.3 is 5.32 Å². The predicted octanol–water partition coefficient (Wildman–Crippen LogP) is 3.55. The van der Waals surface area contributed by atoms with Gasteiger partial charge in [0.2, 0.25) is 5.91 Å². The molecule has 0 aliphatic heterocycles. The average molecular weight is 262 g/mol. The van der Waals surface area contributed by atoms with Gasteiger partial charge >= 0.3 is 0 Å². The molecule has 0 aromatic rings. The highest BCUT2D eigenvalue weighted by molar-refractivity contribution is 5.76. The molecule has 0 unspecified atom stereocenters. The number of amides is 1. The molecule has 1 amide bonds. The van der Waals surface area contributed by atoms with Gasteiger partial charge in [0.1, 0.15) is 0 Å². The van der Waals surface area contributed by atoms with Crippen LogP contribution in [-0.4, -0.2) is 11.9 Å². The van der Waals surface area contributed by atoms with E-state index in [9.17, 15) is 4.79 Å². The highest BCUT2D eigenvalue weighted by atomic mass is 16.1. The molecule has 0 heterocycles. The van der Waals surface area contributed by atoms with Crippen LogP contribution in [0.1, 0.15) is 70.6 Å². The Morgan fingerprint density at radius 2 is 1.74 bits per heavy atom. The maximum absolute atomic E-state index is 11.9. The number of carbonyl (C=O) groups is 1. The van der Waals surface area contributed by atoms with Gasteiger partial charge in [-0.2, -0.15) is 5.26 Å². The second-order valence-corrected chi connectivity index (χ2v) is 6.34. The van der Waals surface area contributed by atoms with Crippen molar-refractivity contribution in [1.29, 1.82) is 5.26 Å². The minimum absolute atomic E-state index is 0.246. The summed E-state index contributed by atoms with van der Waals surface area (Å²) in [7, 11) is 0. The Hall–Kier alpha value is -1.04. The largest absolute Gasteiger partial charge is 0.353 e. The van der Waals surface area contributed by atoms with Gasteiger partial charge in [0.25, 0.3) is 0 Å². The Bertz CT molecular complexity index is 320. The lowest BCUT2D eigenvalue weighted by Crippen LogP contribution is -2.37. The summed E-state index contributed by atoms with van der Waals surface area (Å²) >= 11 is 0. The van der Waals surface area contributed by atoms with Crippen LogP contribution in [0.3, 0.4) is 0 Å². The second-order valence-electron chi connectivity index (χ2n) is 6.34. The van der Waals surface area contributed by atoms with Crippen molar-refractivity contribution in [2.75, 3.05) is 0 Å². The molecule has 2 rings (SSSR count). The van der Waals surface area contributed by atoms with Crippen molar-refractivity contribution in [3.63, 3.8) is 0 Å². The van der Waals surface area contributed by atoms with Crippen molar-refractivity contribution < 1.29 is 4.79 Å². The summed E-state index contributed by atoms with van der Waals surface area (Å²) in [5.41, 5.74) is 0. The first-order chi connectivity index (χ1) is 9.28. The zero-order valence-electron chi connectivity index (χ0n) is 11.9. The number of nitrogens with zero attached hydrogens (tertiary/aromatic N) is 1. The van der Waals surface area contributed by atoms with Crippen LogP contribution < -0.4 is 5.32 Å². The van der Waals surface area contributed by atoms with E-state index in [-0.39, 0.29) is 5.91 Å². The van der Waals surface area contributed by atoms with Gasteiger partial charge in [0.15, 0.2) is 0 Å². The fourth-order valence-corrected chi connectivity index (χ4v) is 3.57. The topological polar surface area (TPSA) is 52.9 Å². The predicted molar refractivity (Wildman–Crippen MR) is 75.3 cm³/mol. The summed E-state index contributed by atoms with van der Waals surface area (Å²) < 4.78 is 0. The number of hydrogen-bond acceptors (Lipinski definition) is 2. The Morgan fingerprint density at radius 1 is 1.05 bits per heavy atom. The van der Waals surface area contributed by atoms with Crippen LogP contribution in [0.4, 0.5) is 0 Å². The Morgan fingerprint density at radius 3 is 2.37 bits per heavy atom. The van der Waals surface area contributed by atoms with Crippen LogP contribution in [0.15, 0.2) is 0 Å². The molecule has 0 bridgehead atoms. The lowest BCUT2D eigenvalue weighted by Gasteiger charge is -2.28. The Labute approximate surface area is 116 Å². The molecule has 0 spiro atoms. The summed E-state index contributed by atoms with van der Waals surface area (Å²) in [5, 5.41) is 11.9. The SMILES string of the molecule is N#CCC1CCC(NC(=O)CCC2CCCC2)CC1. The summed E-state index contributed by atoms with van der Waals surface area (Å²) in [6.07, 6.45) is 12.1. The van der Waals surface area contributed by atoms with Crippen molar-refractivity contribution in [2.45, 2.75) is 76.7 Å². The fourth-order valence-electron chi connectivity index (χ4n) is 3.57. The monoisotopic (exact) mass is 262 g/mol. The molecule has 2 aliphatic rings. The molecular formula is C16H26N2O. The molecule has 106 valence electrons. The summed E-state index contributed by atoms with van der Waals surface area (Å²) in [5.74, 6) is 1.62. The quantitative estimate of drug-likeness (QED) is 0.823. The molecule has 19 heavy (non-hydrogen) atoms. The minimum atomic E-state index is 0.246. The van der Waals surface area contributed by atoms with E-state index in [0.29, 0.717) is 24.8 Å². The molecule has 0 atom stereocenters. The van der Waals surface area contributed by atoms with Crippen molar-refractivity contribution in [2.24, 2.45) is 11.8 Å². The first-order valence-corrected chi connectivity index (χ1v) is 7.94. The molecule has 2 aliphatic carbocycles. The normalized spacial score (nSPS) is 27.9. The van der Waals surface area contributed by atoms with E-state index >= 15 is 0 Å². The first-order valence-electron chi connectivity index (χ1n) is 7.94. The second kappa shape index (κ2) is 7.53. The third kappa shape index (κ3) is 4.86. The molecule has 0 aromatic carbocycles. The van der Waals surface area contributed by atoms with E-state index in [1.807, 2.05) is 0 Å². The van der Waals surface area contributed by atoms with E-state index in [2.05, 4.69) is 11.4 Å². The lowest BCUT2D eigenvalue weighted by molar-refractivity contribution is -0.122. The van der Waals surface area contributed by atoms with Crippen LogP contribution in [0.2, 0.25) is 0 Å². The van der Waals surface area contributed by atoms with E-state index in [0.717, 1.165) is 38.0 Å². The van der Waals surface area contributed by atoms with Crippen molar-refractivity contribution in [3.05, 3.63) is 0 Å². The van der Waals surface area contributed by atoms with Crippen LogP contribution in [0.25, 0.3) is 0 Å². The van der Waals surface area contributed by atoms with Crippen LogP contribution in [-0.2, 0) is 4.79 Å². The molecule has 2 fully saturated rings. The van der Waals surface area contributed by atoms with Gasteiger partial charge in [0.05, 0.1) is 6.07 Å². The molecular weight excluding hydrogens is 236 g/mol. The van der Waals surface area contributed by atoms with Gasteiger partial charge in [-0.15, -0.1) is 0 Å². The number of nitriles is 1. The van der Waals surface area contributed by atoms with Gasteiger partial charge in [-0.3, -0.25) is 4.79 Å². The van der Waals surface area contributed by atoms with E-state index in [1.54, 1.807) is 0 Å². The maximum atomic E-state index is 11.9. The summed E-state index contributed by atoms with van der Waals surface area (Å²) in [6.45, 7) is 0. The van der Waals surface area contributed by atoms with E-state index in [1.165, 1.54) is 25.7 Å². The van der Waals surface area contributed by atoms with Gasteiger partial charge in [-0.25, -0.2) is 0 Å². The molecule has 1 N–H and O–H groups in total. The molecule has 0 aromatic heterocycles. The van der Waals surface area contributed by atoms with Crippen molar-refractivity contribution in [1.82, 2.24) is 5.32 Å².